The van der Waals surface area contributed by atoms with Crippen LogP contribution in [0.2, 0.25) is 5.15 Å². The molecular formula is C11H18ClN5. The molecule has 0 unspecified atom stereocenters. The summed E-state index contributed by atoms with van der Waals surface area (Å²) in [5.74, 6) is 0.627. The molecule has 17 heavy (non-hydrogen) atoms. The highest BCUT2D eigenvalue weighted by Crippen LogP contribution is 2.21. The summed E-state index contributed by atoms with van der Waals surface area (Å²) in [6.45, 7) is 4.24. The Bertz CT molecular complexity index is 365. The van der Waals surface area contributed by atoms with Gasteiger partial charge in [-0.05, 0) is 25.9 Å². The Balaban J connectivity index is 1.79. The van der Waals surface area contributed by atoms with Gasteiger partial charge >= 0.3 is 0 Å². The number of nitrogens with zero attached hydrogens (tertiary/aromatic N) is 3. The molecular weight excluding hydrogens is 238 g/mol. The second kappa shape index (κ2) is 6.02. The number of piperidine rings is 1. The molecule has 2 rings (SSSR count). The third-order valence-corrected chi connectivity index (χ3v) is 3.31. The van der Waals surface area contributed by atoms with Crippen molar-refractivity contribution in [2.45, 2.75) is 19.3 Å². The van der Waals surface area contributed by atoms with Crippen molar-refractivity contribution in [3.63, 3.8) is 0 Å². The third-order valence-electron chi connectivity index (χ3n) is 3.00. The Labute approximate surface area is 106 Å². The van der Waals surface area contributed by atoms with E-state index in [-0.39, 0.29) is 0 Å². The lowest BCUT2D eigenvalue weighted by molar-refractivity contribution is 0.237. The predicted molar refractivity (Wildman–Crippen MR) is 70.2 cm³/mol. The van der Waals surface area contributed by atoms with Crippen LogP contribution in [-0.2, 0) is 0 Å². The molecule has 1 saturated heterocycles. The SMILES string of the molecule is Nc1c(Cl)ncnc1NCCN1CCCCC1. The molecule has 94 valence electrons. The fourth-order valence-electron chi connectivity index (χ4n) is 2.03. The minimum absolute atomic E-state index is 0.306. The van der Waals surface area contributed by atoms with E-state index in [1.165, 1.54) is 38.7 Å². The van der Waals surface area contributed by atoms with Crippen molar-refractivity contribution in [1.82, 2.24) is 14.9 Å². The molecule has 1 aromatic heterocycles. The van der Waals surface area contributed by atoms with Crippen LogP contribution in [0.3, 0.4) is 0 Å². The number of aromatic nitrogens is 2. The quantitative estimate of drug-likeness (QED) is 0.801. The van der Waals surface area contributed by atoms with E-state index in [9.17, 15) is 0 Å². The number of nitrogens with two attached hydrogens (primary N) is 1. The van der Waals surface area contributed by atoms with Crippen molar-refractivity contribution in [3.05, 3.63) is 11.5 Å². The number of anilines is 2. The average Bonchev–Trinajstić information content (AvgIpc) is 2.36. The zero-order chi connectivity index (χ0) is 12.1. The molecule has 5 nitrogen and oxygen atoms in total. The van der Waals surface area contributed by atoms with Crippen LogP contribution in [-0.4, -0.2) is 41.0 Å². The highest BCUT2D eigenvalue weighted by atomic mass is 35.5. The lowest BCUT2D eigenvalue weighted by atomic mass is 10.1. The second-order valence-corrected chi connectivity index (χ2v) is 4.61. The van der Waals surface area contributed by atoms with E-state index >= 15 is 0 Å². The first-order valence-electron chi connectivity index (χ1n) is 5.99. The Morgan fingerprint density at radius 2 is 2.06 bits per heavy atom. The molecule has 1 aromatic rings. The maximum atomic E-state index is 5.81. The fourth-order valence-corrected chi connectivity index (χ4v) is 2.16. The second-order valence-electron chi connectivity index (χ2n) is 4.26. The van der Waals surface area contributed by atoms with Gasteiger partial charge in [0.2, 0.25) is 0 Å². The van der Waals surface area contributed by atoms with Crippen LogP contribution in [0.5, 0.6) is 0 Å². The summed E-state index contributed by atoms with van der Waals surface area (Å²) < 4.78 is 0. The first-order valence-corrected chi connectivity index (χ1v) is 6.37. The number of halogens is 1. The van der Waals surface area contributed by atoms with E-state index < -0.39 is 0 Å². The van der Waals surface area contributed by atoms with E-state index in [4.69, 9.17) is 17.3 Å². The van der Waals surface area contributed by atoms with Gasteiger partial charge in [0.1, 0.15) is 12.0 Å². The van der Waals surface area contributed by atoms with Crippen LogP contribution < -0.4 is 11.1 Å². The van der Waals surface area contributed by atoms with Crippen LogP contribution in [0.4, 0.5) is 11.5 Å². The van der Waals surface area contributed by atoms with Gasteiger partial charge in [-0.15, -0.1) is 0 Å². The van der Waals surface area contributed by atoms with E-state index in [2.05, 4.69) is 20.2 Å². The highest BCUT2D eigenvalue weighted by molar-refractivity contribution is 6.32. The van der Waals surface area contributed by atoms with Gasteiger partial charge in [-0.2, -0.15) is 0 Å². The molecule has 0 spiro atoms. The number of likely N-dealkylation sites (tertiary alicyclic amines) is 1. The summed E-state index contributed by atoms with van der Waals surface area (Å²) >= 11 is 5.81. The van der Waals surface area contributed by atoms with Gasteiger partial charge in [0.05, 0.1) is 0 Å². The van der Waals surface area contributed by atoms with E-state index in [1.807, 2.05) is 0 Å². The molecule has 0 radical (unpaired) electrons. The smallest absolute Gasteiger partial charge is 0.157 e. The number of hydrogen-bond donors (Lipinski definition) is 2. The number of rotatable bonds is 4. The van der Waals surface area contributed by atoms with Gasteiger partial charge in [0.25, 0.3) is 0 Å². The summed E-state index contributed by atoms with van der Waals surface area (Å²) in [7, 11) is 0. The first-order chi connectivity index (χ1) is 8.27. The summed E-state index contributed by atoms with van der Waals surface area (Å²) in [5.41, 5.74) is 6.19. The number of hydrogen-bond acceptors (Lipinski definition) is 5. The maximum Gasteiger partial charge on any atom is 0.157 e. The molecule has 1 aliphatic rings. The van der Waals surface area contributed by atoms with E-state index in [0.717, 1.165) is 13.1 Å². The van der Waals surface area contributed by atoms with Crippen molar-refractivity contribution in [2.75, 3.05) is 37.2 Å². The lowest BCUT2D eigenvalue weighted by Crippen LogP contribution is -2.33. The molecule has 3 N–H and O–H groups in total. The van der Waals surface area contributed by atoms with E-state index in [1.54, 1.807) is 0 Å². The molecule has 1 fully saturated rings. The fraction of sp³-hybridized carbons (Fsp3) is 0.636. The molecule has 6 heteroatoms. The molecule has 0 saturated carbocycles. The molecule has 0 atom stereocenters. The summed E-state index contributed by atoms with van der Waals surface area (Å²) in [6, 6.07) is 0. The number of nitrogen functional groups attached to an aromatic ring is 1. The minimum atomic E-state index is 0.306. The lowest BCUT2D eigenvalue weighted by Gasteiger charge is -2.26. The van der Waals surface area contributed by atoms with Crippen molar-refractivity contribution < 1.29 is 0 Å². The Hall–Kier alpha value is -1.07. The van der Waals surface area contributed by atoms with Crippen LogP contribution in [0, 0.1) is 0 Å². The molecule has 0 aromatic carbocycles. The first kappa shape index (κ1) is 12.4. The largest absolute Gasteiger partial charge is 0.393 e. The monoisotopic (exact) mass is 255 g/mol. The molecule has 0 amide bonds. The Kier molecular flexibility index (Phi) is 4.39. The van der Waals surface area contributed by atoms with Crippen LogP contribution in [0.15, 0.2) is 6.33 Å². The van der Waals surface area contributed by atoms with E-state index in [0.29, 0.717) is 16.7 Å². The molecule has 2 heterocycles. The Morgan fingerprint density at radius 3 is 2.82 bits per heavy atom. The molecule has 0 aliphatic carbocycles. The van der Waals surface area contributed by atoms with Crippen LogP contribution in [0.25, 0.3) is 0 Å². The van der Waals surface area contributed by atoms with Gasteiger partial charge < -0.3 is 16.0 Å². The van der Waals surface area contributed by atoms with Gasteiger partial charge in [-0.1, -0.05) is 18.0 Å². The van der Waals surface area contributed by atoms with Crippen molar-refractivity contribution in [3.8, 4) is 0 Å². The predicted octanol–water partition coefficient (Wildman–Crippen LogP) is 1.61. The van der Waals surface area contributed by atoms with Gasteiger partial charge in [-0.25, -0.2) is 9.97 Å². The van der Waals surface area contributed by atoms with Gasteiger partial charge in [0.15, 0.2) is 11.0 Å². The zero-order valence-electron chi connectivity index (χ0n) is 9.82. The van der Waals surface area contributed by atoms with Gasteiger partial charge in [0, 0.05) is 13.1 Å². The highest BCUT2D eigenvalue weighted by Gasteiger charge is 2.10. The Morgan fingerprint density at radius 1 is 1.29 bits per heavy atom. The van der Waals surface area contributed by atoms with Crippen LogP contribution in [0.1, 0.15) is 19.3 Å². The maximum absolute atomic E-state index is 5.81. The number of nitrogens with one attached hydrogen (secondary N) is 1. The summed E-state index contributed by atoms with van der Waals surface area (Å²) in [6.07, 6.45) is 5.39. The van der Waals surface area contributed by atoms with Crippen LogP contribution >= 0.6 is 11.6 Å². The normalized spacial score (nSPS) is 17.0. The summed E-state index contributed by atoms with van der Waals surface area (Å²) in [5, 5.41) is 3.50. The average molecular weight is 256 g/mol. The van der Waals surface area contributed by atoms with Crippen molar-refractivity contribution >= 4 is 23.1 Å². The van der Waals surface area contributed by atoms with Crippen molar-refractivity contribution in [1.29, 1.82) is 0 Å². The molecule has 1 aliphatic heterocycles. The molecule has 0 bridgehead atoms. The van der Waals surface area contributed by atoms with Crippen molar-refractivity contribution in [2.24, 2.45) is 0 Å². The minimum Gasteiger partial charge on any atom is -0.393 e. The standard InChI is InChI=1S/C11H18ClN5/c12-10-9(13)11(16-8-15-10)14-4-7-17-5-2-1-3-6-17/h8H,1-7,13H2,(H,14,15,16). The summed E-state index contributed by atoms with van der Waals surface area (Å²) in [4.78, 5) is 10.3. The third kappa shape index (κ3) is 3.44. The topological polar surface area (TPSA) is 67.1 Å². The van der Waals surface area contributed by atoms with Gasteiger partial charge in [-0.3, -0.25) is 0 Å². The zero-order valence-corrected chi connectivity index (χ0v) is 10.6.